The lowest BCUT2D eigenvalue weighted by Crippen LogP contribution is -2.28. The van der Waals surface area contributed by atoms with Gasteiger partial charge in [-0.05, 0) is 50.2 Å². The molecule has 0 saturated carbocycles. The monoisotopic (exact) mass is 453 g/mol. The molecule has 0 radical (unpaired) electrons. The molecule has 3 rings (SSSR count). The molecule has 0 aliphatic heterocycles. The van der Waals surface area contributed by atoms with E-state index in [2.05, 4.69) is 20.8 Å². The van der Waals surface area contributed by atoms with Crippen LogP contribution in [0.2, 0.25) is 0 Å². The minimum atomic E-state index is -1.03. The Morgan fingerprint density at radius 3 is 2.34 bits per heavy atom. The average molecular weight is 454 g/mol. The Morgan fingerprint density at radius 2 is 1.72 bits per heavy atom. The van der Waals surface area contributed by atoms with Gasteiger partial charge in [0.15, 0.2) is 11.0 Å². The van der Waals surface area contributed by atoms with E-state index in [1.165, 1.54) is 36.0 Å². The second kappa shape index (κ2) is 10.6. The smallest absolute Gasteiger partial charge is 0.335 e. The summed E-state index contributed by atoms with van der Waals surface area (Å²) in [4.78, 5) is 35.6. The Morgan fingerprint density at radius 1 is 1.03 bits per heavy atom. The molecule has 0 aliphatic carbocycles. The topological polar surface area (TPSA) is 126 Å². The molecule has 2 aromatic carbocycles. The Kier molecular flexibility index (Phi) is 7.61. The van der Waals surface area contributed by atoms with Crippen LogP contribution in [0.4, 0.5) is 5.69 Å². The number of benzene rings is 2. The average Bonchev–Trinajstić information content (AvgIpc) is 3.21. The summed E-state index contributed by atoms with van der Waals surface area (Å²) in [5.74, 6) is -0.781. The highest BCUT2D eigenvalue weighted by atomic mass is 32.2. The van der Waals surface area contributed by atoms with Gasteiger partial charge in [-0.2, -0.15) is 0 Å². The molecule has 1 heterocycles. The van der Waals surface area contributed by atoms with Crippen molar-refractivity contribution in [3.05, 3.63) is 71.5 Å². The number of thioether (sulfide) groups is 1. The zero-order valence-electron chi connectivity index (χ0n) is 17.6. The first-order chi connectivity index (χ1) is 15.4. The van der Waals surface area contributed by atoms with E-state index in [0.717, 1.165) is 0 Å². The van der Waals surface area contributed by atoms with E-state index in [-0.39, 0.29) is 29.2 Å². The summed E-state index contributed by atoms with van der Waals surface area (Å²) in [6, 6.07) is 14.5. The number of nitrogens with zero attached hydrogens (tertiary/aromatic N) is 3. The maximum Gasteiger partial charge on any atom is 0.335 e. The Labute approximate surface area is 189 Å². The number of anilines is 1. The third-order valence-electron chi connectivity index (χ3n) is 4.58. The number of aromatic nitrogens is 3. The predicted molar refractivity (Wildman–Crippen MR) is 121 cm³/mol. The third-order valence-corrected chi connectivity index (χ3v) is 5.55. The lowest BCUT2D eigenvalue weighted by Gasteiger charge is -2.15. The molecule has 0 spiro atoms. The van der Waals surface area contributed by atoms with E-state index < -0.39 is 5.97 Å². The zero-order valence-corrected chi connectivity index (χ0v) is 18.4. The Hall–Kier alpha value is -3.66. The van der Waals surface area contributed by atoms with E-state index in [9.17, 15) is 14.4 Å². The molecule has 3 aromatic rings. The molecular formula is C22H23N5O4S. The van der Waals surface area contributed by atoms with Crippen molar-refractivity contribution in [3.63, 3.8) is 0 Å². The number of carbonyl (C=O) groups is 3. The standard InChI is InChI=1S/C22H23N5O4S/c1-3-27-19(14(2)23-20(29)15-7-5-4-6-8-15)25-26-22(27)32-13-18(28)24-17-11-9-16(10-12-17)21(30)31/h4-12,14H,3,13H2,1-2H3,(H,23,29)(H,24,28)(H,30,31)/t14-/m1/s1. The minimum Gasteiger partial charge on any atom is -0.478 e. The van der Waals surface area contributed by atoms with Gasteiger partial charge in [0.2, 0.25) is 5.91 Å². The summed E-state index contributed by atoms with van der Waals surface area (Å²) in [5, 5.41) is 23.5. The van der Waals surface area contributed by atoms with Gasteiger partial charge in [-0.15, -0.1) is 10.2 Å². The molecule has 0 unspecified atom stereocenters. The number of aromatic carboxylic acids is 1. The molecule has 1 atom stereocenters. The minimum absolute atomic E-state index is 0.101. The van der Waals surface area contributed by atoms with Crippen molar-refractivity contribution in [1.82, 2.24) is 20.1 Å². The van der Waals surface area contributed by atoms with Gasteiger partial charge in [-0.1, -0.05) is 30.0 Å². The van der Waals surface area contributed by atoms with Crippen molar-refractivity contribution in [1.29, 1.82) is 0 Å². The molecule has 32 heavy (non-hydrogen) atoms. The van der Waals surface area contributed by atoms with E-state index in [1.54, 1.807) is 24.3 Å². The molecule has 0 saturated heterocycles. The first-order valence-corrected chi connectivity index (χ1v) is 10.9. The molecular weight excluding hydrogens is 430 g/mol. The van der Waals surface area contributed by atoms with E-state index >= 15 is 0 Å². The summed E-state index contributed by atoms with van der Waals surface area (Å²) >= 11 is 1.23. The molecule has 3 N–H and O–H groups in total. The predicted octanol–water partition coefficient (Wildman–Crippen LogP) is 3.22. The van der Waals surface area contributed by atoms with Crippen LogP contribution in [0.1, 0.15) is 46.4 Å². The summed E-state index contributed by atoms with van der Waals surface area (Å²) in [5.41, 5.74) is 1.22. The first kappa shape index (κ1) is 23.0. The number of hydrogen-bond donors (Lipinski definition) is 3. The highest BCUT2D eigenvalue weighted by Gasteiger charge is 2.20. The van der Waals surface area contributed by atoms with Gasteiger partial charge in [0.1, 0.15) is 0 Å². The van der Waals surface area contributed by atoms with Crippen molar-refractivity contribution >= 4 is 35.2 Å². The summed E-state index contributed by atoms with van der Waals surface area (Å²) in [6.45, 7) is 4.35. The van der Waals surface area contributed by atoms with Gasteiger partial charge < -0.3 is 20.3 Å². The number of hydrogen-bond acceptors (Lipinski definition) is 6. The first-order valence-electron chi connectivity index (χ1n) is 9.94. The van der Waals surface area contributed by atoms with Crippen molar-refractivity contribution in [2.24, 2.45) is 0 Å². The SMILES string of the molecule is CCn1c(SCC(=O)Nc2ccc(C(=O)O)cc2)nnc1[C@@H](C)NC(=O)c1ccccc1. The molecule has 2 amide bonds. The number of amides is 2. The van der Waals surface area contributed by atoms with Crippen LogP contribution in [-0.4, -0.2) is 43.4 Å². The lowest BCUT2D eigenvalue weighted by molar-refractivity contribution is -0.113. The Bertz CT molecular complexity index is 1100. The fourth-order valence-corrected chi connectivity index (χ4v) is 3.79. The maximum absolute atomic E-state index is 12.4. The molecule has 0 bridgehead atoms. The second-order valence-corrected chi connectivity index (χ2v) is 7.81. The van der Waals surface area contributed by atoms with Crippen LogP contribution in [0.15, 0.2) is 59.8 Å². The van der Waals surface area contributed by atoms with Crippen molar-refractivity contribution < 1.29 is 19.5 Å². The summed E-state index contributed by atoms with van der Waals surface area (Å²) in [6.07, 6.45) is 0. The van der Waals surface area contributed by atoms with Gasteiger partial charge >= 0.3 is 5.97 Å². The van der Waals surface area contributed by atoms with Crippen molar-refractivity contribution in [2.75, 3.05) is 11.1 Å². The molecule has 9 nitrogen and oxygen atoms in total. The fraction of sp³-hybridized carbons (Fsp3) is 0.227. The van der Waals surface area contributed by atoms with Gasteiger partial charge in [0.05, 0.1) is 17.4 Å². The molecule has 10 heteroatoms. The van der Waals surface area contributed by atoms with Crippen LogP contribution < -0.4 is 10.6 Å². The fourth-order valence-electron chi connectivity index (χ4n) is 2.98. The van der Waals surface area contributed by atoms with Crippen LogP contribution >= 0.6 is 11.8 Å². The Balaban J connectivity index is 1.59. The normalized spacial score (nSPS) is 11.6. The number of nitrogens with one attached hydrogen (secondary N) is 2. The van der Waals surface area contributed by atoms with Gasteiger partial charge in [-0.25, -0.2) is 4.79 Å². The summed E-state index contributed by atoms with van der Waals surface area (Å²) < 4.78 is 1.86. The van der Waals surface area contributed by atoms with Gasteiger partial charge in [0.25, 0.3) is 5.91 Å². The number of carboxylic acid groups (broad SMARTS) is 1. The van der Waals surface area contributed by atoms with Gasteiger partial charge in [0, 0.05) is 17.8 Å². The number of carboxylic acids is 1. The van der Waals surface area contributed by atoms with E-state index in [0.29, 0.717) is 28.8 Å². The van der Waals surface area contributed by atoms with Crippen LogP contribution in [0.3, 0.4) is 0 Å². The lowest BCUT2D eigenvalue weighted by atomic mass is 10.2. The third kappa shape index (κ3) is 5.73. The number of carbonyl (C=O) groups excluding carboxylic acids is 2. The van der Waals surface area contributed by atoms with E-state index in [1.807, 2.05) is 24.5 Å². The highest BCUT2D eigenvalue weighted by molar-refractivity contribution is 7.99. The second-order valence-electron chi connectivity index (χ2n) is 6.87. The van der Waals surface area contributed by atoms with Crippen LogP contribution in [0, 0.1) is 0 Å². The zero-order chi connectivity index (χ0) is 23.1. The van der Waals surface area contributed by atoms with Crippen LogP contribution in [-0.2, 0) is 11.3 Å². The molecule has 166 valence electrons. The summed E-state index contributed by atoms with van der Waals surface area (Å²) in [7, 11) is 0. The molecule has 0 aliphatic rings. The van der Waals surface area contributed by atoms with Crippen molar-refractivity contribution in [2.45, 2.75) is 31.6 Å². The molecule has 1 aromatic heterocycles. The van der Waals surface area contributed by atoms with Crippen LogP contribution in [0.5, 0.6) is 0 Å². The van der Waals surface area contributed by atoms with Crippen LogP contribution in [0.25, 0.3) is 0 Å². The quantitative estimate of drug-likeness (QED) is 0.425. The van der Waals surface area contributed by atoms with Crippen molar-refractivity contribution in [3.8, 4) is 0 Å². The number of rotatable bonds is 9. The maximum atomic E-state index is 12.4. The highest BCUT2D eigenvalue weighted by Crippen LogP contribution is 2.21. The van der Waals surface area contributed by atoms with E-state index in [4.69, 9.17) is 5.11 Å². The largest absolute Gasteiger partial charge is 0.478 e. The van der Waals surface area contributed by atoms with Gasteiger partial charge in [-0.3, -0.25) is 9.59 Å². The molecule has 0 fully saturated rings.